The Morgan fingerprint density at radius 1 is 0.705 bits per heavy atom. The molecule has 1 saturated carbocycles. The summed E-state index contributed by atoms with van der Waals surface area (Å²) in [6.45, 7) is 4.33. The topological polar surface area (TPSA) is 0 Å². The standard InChI is InChI=1S/C41H49F3/c1-3-5-7-9-11-35-24-27-38(41(44)40(35)43)34-22-18-32(19-23-34)36-25-26-37(39(42)28-36)33-20-16-31(17-21-33)30-14-12-29(13-15-30)10-8-6-4-2/h5,7,18-20,22-31H,3-4,6,8-17,21H2,1-2H3. The van der Waals surface area contributed by atoms with Gasteiger partial charge in [0.1, 0.15) is 5.82 Å². The number of allylic oxidation sites excluding steroid dienone is 4. The molecule has 3 aromatic carbocycles. The van der Waals surface area contributed by atoms with E-state index in [2.05, 4.69) is 13.0 Å². The smallest absolute Gasteiger partial charge is 0.166 e. The van der Waals surface area contributed by atoms with Gasteiger partial charge in [-0.25, -0.2) is 13.2 Å². The molecule has 0 aromatic heterocycles. The number of hydrogen-bond acceptors (Lipinski definition) is 0. The van der Waals surface area contributed by atoms with Crippen LogP contribution in [-0.2, 0) is 6.42 Å². The van der Waals surface area contributed by atoms with Crippen molar-refractivity contribution in [1.82, 2.24) is 0 Å². The van der Waals surface area contributed by atoms with E-state index >= 15 is 4.39 Å². The maximum atomic E-state index is 15.4. The lowest BCUT2D eigenvalue weighted by atomic mass is 9.70. The van der Waals surface area contributed by atoms with Gasteiger partial charge in [0.15, 0.2) is 11.6 Å². The van der Waals surface area contributed by atoms with Crippen molar-refractivity contribution in [1.29, 1.82) is 0 Å². The lowest BCUT2D eigenvalue weighted by molar-refractivity contribution is 0.187. The highest BCUT2D eigenvalue weighted by Gasteiger charge is 2.29. The minimum absolute atomic E-state index is 0.193. The molecular weight excluding hydrogens is 549 g/mol. The molecule has 1 fully saturated rings. The Labute approximate surface area is 263 Å². The number of aryl methyl sites for hydroxylation is 1. The normalized spacial score (nSPS) is 20.7. The molecule has 0 radical (unpaired) electrons. The number of unbranched alkanes of at least 4 members (excludes halogenated alkanes) is 2. The van der Waals surface area contributed by atoms with Crippen LogP contribution in [0.3, 0.4) is 0 Å². The number of benzene rings is 3. The first-order chi connectivity index (χ1) is 21.5. The van der Waals surface area contributed by atoms with Crippen LogP contribution < -0.4 is 0 Å². The highest BCUT2D eigenvalue weighted by Crippen LogP contribution is 2.43. The second-order valence-corrected chi connectivity index (χ2v) is 13.1. The van der Waals surface area contributed by atoms with E-state index in [0.29, 0.717) is 29.5 Å². The van der Waals surface area contributed by atoms with Gasteiger partial charge in [-0.3, -0.25) is 0 Å². The molecule has 0 N–H and O–H groups in total. The summed E-state index contributed by atoms with van der Waals surface area (Å²) in [5, 5.41) is 0. The molecule has 0 heterocycles. The van der Waals surface area contributed by atoms with Crippen molar-refractivity contribution in [3.05, 3.63) is 101 Å². The van der Waals surface area contributed by atoms with Crippen molar-refractivity contribution in [2.24, 2.45) is 17.8 Å². The van der Waals surface area contributed by atoms with Crippen molar-refractivity contribution >= 4 is 5.57 Å². The van der Waals surface area contributed by atoms with Crippen LogP contribution in [0.25, 0.3) is 27.8 Å². The molecule has 2 aliphatic carbocycles. The molecule has 0 amide bonds. The van der Waals surface area contributed by atoms with E-state index in [1.54, 1.807) is 30.3 Å². The minimum Gasteiger partial charge on any atom is -0.206 e. The Balaban J connectivity index is 1.19. The zero-order valence-electron chi connectivity index (χ0n) is 26.7. The maximum Gasteiger partial charge on any atom is 0.166 e. The third-order valence-corrected chi connectivity index (χ3v) is 10.2. The third kappa shape index (κ3) is 7.95. The highest BCUT2D eigenvalue weighted by atomic mass is 19.2. The van der Waals surface area contributed by atoms with Crippen LogP contribution in [0.4, 0.5) is 13.2 Å². The lowest BCUT2D eigenvalue weighted by Gasteiger charge is -2.35. The SMILES string of the molecule is CCC=CCCc1ccc(-c2ccc(-c3ccc(C4=CCC(C5CCC(CCCCC)CC5)CC4)c(F)c3)cc2)c(F)c1F. The van der Waals surface area contributed by atoms with E-state index in [1.807, 2.05) is 43.3 Å². The first-order valence-corrected chi connectivity index (χ1v) is 17.2. The summed E-state index contributed by atoms with van der Waals surface area (Å²) >= 11 is 0. The quantitative estimate of drug-likeness (QED) is 0.144. The van der Waals surface area contributed by atoms with E-state index in [4.69, 9.17) is 0 Å². The Hall–Kier alpha value is -3.07. The fraction of sp³-hybridized carbons (Fsp3) is 0.463. The van der Waals surface area contributed by atoms with Crippen LogP contribution in [0.15, 0.2) is 72.8 Å². The Bertz CT molecular complexity index is 1420. The van der Waals surface area contributed by atoms with E-state index in [9.17, 15) is 8.78 Å². The molecule has 3 heteroatoms. The van der Waals surface area contributed by atoms with E-state index in [0.717, 1.165) is 60.1 Å². The molecule has 0 saturated heterocycles. The van der Waals surface area contributed by atoms with Crippen LogP contribution in [0.1, 0.15) is 108 Å². The summed E-state index contributed by atoms with van der Waals surface area (Å²) in [7, 11) is 0. The fourth-order valence-corrected chi connectivity index (χ4v) is 7.48. The van der Waals surface area contributed by atoms with Gasteiger partial charge in [0.2, 0.25) is 0 Å². The molecule has 1 atom stereocenters. The van der Waals surface area contributed by atoms with Crippen molar-refractivity contribution in [3.63, 3.8) is 0 Å². The van der Waals surface area contributed by atoms with Crippen LogP contribution >= 0.6 is 0 Å². The average molecular weight is 599 g/mol. The van der Waals surface area contributed by atoms with Gasteiger partial charge >= 0.3 is 0 Å². The van der Waals surface area contributed by atoms with E-state index in [1.165, 1.54) is 51.4 Å². The summed E-state index contributed by atoms with van der Waals surface area (Å²) in [4.78, 5) is 0. The van der Waals surface area contributed by atoms with Gasteiger partial charge < -0.3 is 0 Å². The van der Waals surface area contributed by atoms with Gasteiger partial charge in [0, 0.05) is 11.1 Å². The van der Waals surface area contributed by atoms with Gasteiger partial charge in [0.05, 0.1) is 0 Å². The van der Waals surface area contributed by atoms with Gasteiger partial charge in [-0.1, -0.05) is 119 Å². The Morgan fingerprint density at radius 3 is 2.11 bits per heavy atom. The summed E-state index contributed by atoms with van der Waals surface area (Å²) in [6.07, 6.45) is 22.6. The lowest BCUT2D eigenvalue weighted by Crippen LogP contribution is -2.23. The minimum atomic E-state index is -0.816. The zero-order chi connectivity index (χ0) is 30.9. The molecule has 0 spiro atoms. The summed E-state index contributed by atoms with van der Waals surface area (Å²) in [6, 6.07) is 16.1. The monoisotopic (exact) mass is 598 g/mol. The fourth-order valence-electron chi connectivity index (χ4n) is 7.48. The van der Waals surface area contributed by atoms with Gasteiger partial charge in [-0.15, -0.1) is 0 Å². The molecule has 1 unspecified atom stereocenters. The van der Waals surface area contributed by atoms with Crippen molar-refractivity contribution < 1.29 is 13.2 Å². The molecule has 234 valence electrons. The largest absolute Gasteiger partial charge is 0.206 e. The van der Waals surface area contributed by atoms with Gasteiger partial charge in [0.25, 0.3) is 0 Å². The molecule has 0 nitrogen and oxygen atoms in total. The molecular formula is C41H49F3. The van der Waals surface area contributed by atoms with Crippen molar-refractivity contribution in [3.8, 4) is 22.3 Å². The maximum absolute atomic E-state index is 15.4. The second-order valence-electron chi connectivity index (χ2n) is 13.1. The molecule has 0 bridgehead atoms. The first-order valence-electron chi connectivity index (χ1n) is 17.2. The summed E-state index contributed by atoms with van der Waals surface area (Å²) in [5.41, 5.74) is 4.72. The first kappa shape index (κ1) is 32.3. The molecule has 44 heavy (non-hydrogen) atoms. The predicted octanol–water partition coefficient (Wildman–Crippen LogP) is 12.9. The Kier molecular flexibility index (Phi) is 11.6. The molecule has 3 aromatic rings. The summed E-state index contributed by atoms with van der Waals surface area (Å²) < 4.78 is 45.2. The predicted molar refractivity (Wildman–Crippen MR) is 180 cm³/mol. The van der Waals surface area contributed by atoms with E-state index < -0.39 is 11.6 Å². The highest BCUT2D eigenvalue weighted by molar-refractivity contribution is 5.74. The van der Waals surface area contributed by atoms with Crippen molar-refractivity contribution in [2.75, 3.05) is 0 Å². The molecule has 0 aliphatic heterocycles. The van der Waals surface area contributed by atoms with Crippen LogP contribution in [0.5, 0.6) is 0 Å². The molecule has 2 aliphatic rings. The third-order valence-electron chi connectivity index (χ3n) is 10.2. The van der Waals surface area contributed by atoms with Crippen LogP contribution in [0.2, 0.25) is 0 Å². The van der Waals surface area contributed by atoms with Crippen LogP contribution in [0, 0.1) is 35.2 Å². The Morgan fingerprint density at radius 2 is 1.43 bits per heavy atom. The number of halogens is 3. The molecule has 5 rings (SSSR count). The second kappa shape index (κ2) is 15.8. The van der Waals surface area contributed by atoms with Crippen molar-refractivity contribution in [2.45, 2.75) is 104 Å². The summed E-state index contributed by atoms with van der Waals surface area (Å²) in [5.74, 6) is 0.733. The van der Waals surface area contributed by atoms with Gasteiger partial charge in [-0.05, 0) is 103 Å². The van der Waals surface area contributed by atoms with E-state index in [-0.39, 0.29) is 11.4 Å². The van der Waals surface area contributed by atoms with Crippen LogP contribution in [-0.4, -0.2) is 0 Å². The number of hydrogen-bond donors (Lipinski definition) is 0. The average Bonchev–Trinajstić information content (AvgIpc) is 3.06. The number of rotatable bonds is 12. The zero-order valence-corrected chi connectivity index (χ0v) is 26.7. The van der Waals surface area contributed by atoms with Gasteiger partial charge in [-0.2, -0.15) is 0 Å².